The number of rotatable bonds is 32. The van der Waals surface area contributed by atoms with Crippen molar-refractivity contribution < 1.29 is 43.5 Å². The summed E-state index contributed by atoms with van der Waals surface area (Å²) < 4.78 is 31.4. The summed E-state index contributed by atoms with van der Waals surface area (Å²) in [6.07, 6.45) is 27.5. The number of benzene rings is 2. The second-order valence-corrected chi connectivity index (χ2v) is 21.3. The summed E-state index contributed by atoms with van der Waals surface area (Å²) in [5.74, 6) is 1.88. The highest BCUT2D eigenvalue weighted by molar-refractivity contribution is 8.00. The minimum atomic E-state index is -1.06. The van der Waals surface area contributed by atoms with Gasteiger partial charge in [0.15, 0.2) is 0 Å². The number of unbranched alkanes of at least 4 members (excludes halogenated alkanes) is 15. The average molecular weight is 963 g/mol. The van der Waals surface area contributed by atoms with Crippen LogP contribution in [0.5, 0.6) is 23.0 Å². The summed E-state index contributed by atoms with van der Waals surface area (Å²) in [6.45, 7) is 13.0. The lowest BCUT2D eigenvalue weighted by molar-refractivity contribution is -0.223. The minimum absolute atomic E-state index is 0.116. The standard InChI is InChI=1S/C56H86N2O9S/c1-8-10-11-12-13-14-15-16-17-18-19-20-21-26-36-68-51-40-48(58-67-55(3,4)5)45-37-41(27-22-24-33-59)44(28-23-25-34-60)52-46-38-43(30-32-49(46)66-56(51,53(45)52)64-35-9-2)65-54(61)57-47-31-29-42(62-6)39-50(47)63-7/h9,29-32,37-39,41,44,51-53,59-60H,2,8,10-28,33-36,40H2,1,3-7H3,(H,57,61)/t41-,44+,51-,52+,53+,56+/m0/s1. The molecule has 1 amide bonds. The van der Waals surface area contributed by atoms with Gasteiger partial charge in [0.1, 0.15) is 28.6 Å². The molecule has 0 radical (unpaired) electrons. The molecule has 0 unspecified atom stereocenters. The van der Waals surface area contributed by atoms with Gasteiger partial charge in [0.25, 0.3) is 0 Å². The van der Waals surface area contributed by atoms with Crippen LogP contribution in [0, 0.1) is 17.8 Å². The molecule has 1 heterocycles. The molecule has 2 aromatic carbocycles. The maximum absolute atomic E-state index is 13.6. The number of nitrogens with one attached hydrogen (secondary N) is 1. The molecule has 6 atom stereocenters. The maximum atomic E-state index is 13.6. The van der Waals surface area contributed by atoms with Gasteiger partial charge < -0.3 is 38.7 Å². The number of ether oxygens (including phenoxy) is 5. The zero-order chi connectivity index (χ0) is 48.8. The summed E-state index contributed by atoms with van der Waals surface area (Å²) in [7, 11) is 3.11. The average Bonchev–Trinajstić information content (AvgIpc) is 3.32. The molecule has 3 aliphatic rings. The van der Waals surface area contributed by atoms with Gasteiger partial charge in [0.05, 0.1) is 43.4 Å². The Bertz CT molecular complexity index is 1900. The molecule has 12 heteroatoms. The fourth-order valence-electron chi connectivity index (χ4n) is 10.4. The lowest BCUT2D eigenvalue weighted by atomic mass is 9.56. The van der Waals surface area contributed by atoms with Crippen molar-refractivity contribution in [3.05, 3.63) is 66.3 Å². The van der Waals surface area contributed by atoms with Crippen molar-refractivity contribution in [2.24, 2.45) is 22.9 Å². The first-order valence-electron chi connectivity index (χ1n) is 26.1. The number of anilines is 1. The van der Waals surface area contributed by atoms with E-state index >= 15 is 0 Å². The first kappa shape index (κ1) is 55.2. The molecule has 2 aromatic rings. The fourth-order valence-corrected chi connectivity index (χ4v) is 11.8. The van der Waals surface area contributed by atoms with Gasteiger partial charge in [-0.3, -0.25) is 5.32 Å². The van der Waals surface area contributed by atoms with E-state index in [4.69, 9.17) is 33.7 Å². The van der Waals surface area contributed by atoms with Crippen molar-refractivity contribution in [1.82, 2.24) is 0 Å². The third kappa shape index (κ3) is 15.9. The van der Waals surface area contributed by atoms with E-state index in [0.717, 1.165) is 54.7 Å². The number of allylic oxidation sites excluding steroid dienone is 1. The zero-order valence-corrected chi connectivity index (χ0v) is 43.3. The number of carbonyl (C=O) groups excluding carboxylic acids is 1. The topological polar surface area (TPSA) is 137 Å². The summed E-state index contributed by atoms with van der Waals surface area (Å²) >= 11 is 1.92. The lowest BCUT2D eigenvalue weighted by Crippen LogP contribution is -2.64. The minimum Gasteiger partial charge on any atom is -0.497 e. The van der Waals surface area contributed by atoms with E-state index in [1.165, 1.54) is 90.6 Å². The number of aliphatic hydroxyl groups excluding tert-OH is 2. The van der Waals surface area contributed by atoms with E-state index in [-0.39, 0.29) is 42.1 Å². The van der Waals surface area contributed by atoms with Crippen LogP contribution >= 0.6 is 11.8 Å². The van der Waals surface area contributed by atoms with Gasteiger partial charge in [-0.1, -0.05) is 121 Å². The van der Waals surface area contributed by atoms with Crippen molar-refractivity contribution in [2.75, 3.05) is 45.1 Å². The Morgan fingerprint density at radius 3 is 2.12 bits per heavy atom. The second-order valence-electron chi connectivity index (χ2n) is 20.0. The van der Waals surface area contributed by atoms with E-state index in [1.54, 1.807) is 37.5 Å². The Kier molecular flexibility index (Phi) is 23.4. The van der Waals surface area contributed by atoms with Crippen LogP contribution in [0.2, 0.25) is 0 Å². The molecule has 3 N–H and O–H groups in total. The molecule has 5 rings (SSSR count). The van der Waals surface area contributed by atoms with E-state index in [1.807, 2.05) is 44.7 Å². The van der Waals surface area contributed by atoms with Gasteiger partial charge >= 0.3 is 6.09 Å². The molecule has 11 nitrogen and oxygen atoms in total. The molecule has 380 valence electrons. The molecular formula is C56H86N2O9S. The predicted molar refractivity (Wildman–Crippen MR) is 278 cm³/mol. The molecule has 1 fully saturated rings. The Balaban J connectivity index is 1.45. The highest BCUT2D eigenvalue weighted by atomic mass is 32.2. The molecule has 0 aromatic heterocycles. The van der Waals surface area contributed by atoms with Gasteiger partial charge in [0.2, 0.25) is 5.79 Å². The number of carbonyl (C=O) groups is 1. The highest BCUT2D eigenvalue weighted by Crippen LogP contribution is 2.62. The second kappa shape index (κ2) is 28.8. The smallest absolute Gasteiger partial charge is 0.417 e. The first-order chi connectivity index (χ1) is 33.0. The molecule has 1 saturated carbocycles. The Morgan fingerprint density at radius 2 is 1.50 bits per heavy atom. The monoisotopic (exact) mass is 963 g/mol. The Hall–Kier alpha value is -3.71. The van der Waals surface area contributed by atoms with Crippen molar-refractivity contribution in [1.29, 1.82) is 0 Å². The molecule has 2 aliphatic carbocycles. The van der Waals surface area contributed by atoms with Crippen molar-refractivity contribution in [2.45, 2.75) is 185 Å². The number of hydrogen-bond donors (Lipinski definition) is 3. The zero-order valence-electron chi connectivity index (χ0n) is 42.5. The maximum Gasteiger partial charge on any atom is 0.417 e. The number of thioether (sulfide) groups is 1. The summed E-state index contributed by atoms with van der Waals surface area (Å²) in [4.78, 5) is 19.9. The van der Waals surface area contributed by atoms with Crippen LogP contribution in [0.15, 0.2) is 65.9 Å². The summed E-state index contributed by atoms with van der Waals surface area (Å²) in [5.41, 5.74) is 2.88. The number of fused-ring (bicyclic) bond motifs is 2. The van der Waals surface area contributed by atoms with Crippen LogP contribution in [0.4, 0.5) is 10.5 Å². The van der Waals surface area contributed by atoms with Crippen LogP contribution < -0.4 is 24.3 Å². The van der Waals surface area contributed by atoms with Crippen LogP contribution in [0.1, 0.15) is 174 Å². The number of hydrogen-bond acceptors (Lipinski definition) is 11. The number of aliphatic hydroxyl groups is 2. The molecule has 0 spiro atoms. The molecule has 0 saturated heterocycles. The number of oxime groups is 1. The normalized spacial score (nSPS) is 22.4. The Labute approximate surface area is 413 Å². The summed E-state index contributed by atoms with van der Waals surface area (Å²) in [6, 6.07) is 10.8. The fraction of sp³-hybridized carbons (Fsp3) is 0.679. The van der Waals surface area contributed by atoms with E-state index in [2.05, 4.69) is 24.9 Å². The van der Waals surface area contributed by atoms with Crippen LogP contribution in [0.25, 0.3) is 0 Å². The van der Waals surface area contributed by atoms with Gasteiger partial charge in [-0.25, -0.2) is 4.79 Å². The van der Waals surface area contributed by atoms with E-state index < -0.39 is 17.5 Å². The van der Waals surface area contributed by atoms with Crippen LogP contribution in [-0.2, 0) is 9.57 Å². The number of amides is 1. The van der Waals surface area contributed by atoms with E-state index in [9.17, 15) is 15.0 Å². The number of nitrogens with zero attached hydrogens (tertiary/aromatic N) is 1. The predicted octanol–water partition coefficient (Wildman–Crippen LogP) is 14.0. The SMILES string of the molecule is C=CCO[C@@]12Oc3ccc(OC(=O)Nc4ccc(OC)cc4OC)cc3[C@H]3[C@H](CCCCO)[C@@H](CCCCO)C=C(C(=NOC(C)(C)C)C[C@@H]1SCCCCCCCCCCCCCCCC)[C@H]32. The van der Waals surface area contributed by atoms with Gasteiger partial charge in [-0.05, 0) is 106 Å². The quantitative estimate of drug-likeness (QED) is 0.0369. The van der Waals surface area contributed by atoms with Crippen LogP contribution in [0.3, 0.4) is 0 Å². The third-order valence-electron chi connectivity index (χ3n) is 13.7. The lowest BCUT2D eigenvalue weighted by Gasteiger charge is -2.58. The van der Waals surface area contributed by atoms with Gasteiger partial charge in [-0.15, -0.1) is 6.58 Å². The van der Waals surface area contributed by atoms with Crippen LogP contribution in [-0.4, -0.2) is 78.4 Å². The Morgan fingerprint density at radius 1 is 0.853 bits per heavy atom. The van der Waals surface area contributed by atoms with Gasteiger partial charge in [-0.2, -0.15) is 11.8 Å². The largest absolute Gasteiger partial charge is 0.497 e. The van der Waals surface area contributed by atoms with Crippen molar-refractivity contribution in [3.8, 4) is 23.0 Å². The molecule has 68 heavy (non-hydrogen) atoms. The van der Waals surface area contributed by atoms with E-state index in [0.29, 0.717) is 54.6 Å². The van der Waals surface area contributed by atoms with Crippen molar-refractivity contribution in [3.63, 3.8) is 0 Å². The molecule has 0 bridgehead atoms. The highest BCUT2D eigenvalue weighted by Gasteiger charge is 2.64. The van der Waals surface area contributed by atoms with Gasteiger partial charge in [0, 0.05) is 37.2 Å². The molecular weight excluding hydrogens is 877 g/mol. The molecule has 1 aliphatic heterocycles. The first-order valence-corrected chi connectivity index (χ1v) is 27.2. The van der Waals surface area contributed by atoms with Crippen molar-refractivity contribution >= 4 is 29.3 Å². The summed E-state index contributed by atoms with van der Waals surface area (Å²) in [5, 5.41) is 27.6. The third-order valence-corrected chi connectivity index (χ3v) is 15.1. The number of methoxy groups -OCH3 is 2.